The van der Waals surface area contributed by atoms with E-state index in [9.17, 15) is 4.79 Å². The Labute approximate surface area is 142 Å². The van der Waals surface area contributed by atoms with Crippen LogP contribution in [0.1, 0.15) is 23.8 Å². The number of aromatic nitrogens is 4. The van der Waals surface area contributed by atoms with E-state index in [4.69, 9.17) is 0 Å². The Morgan fingerprint density at radius 3 is 2.92 bits per heavy atom. The van der Waals surface area contributed by atoms with Gasteiger partial charge in [0.2, 0.25) is 5.78 Å². The number of nitrogens with zero attached hydrogens (tertiary/aromatic N) is 4. The number of benzene rings is 1. The highest BCUT2D eigenvalue weighted by Gasteiger charge is 2.25. The normalized spacial score (nSPS) is 17.5. The van der Waals surface area contributed by atoms with Crippen molar-refractivity contribution >= 4 is 27.3 Å². The standard InChI is InChI=1S/C18H16N4OS/c1-11-7-8-13-14(9-11)24-17-15(13)16(23)22(12-5-3-2-4-6-12)18-20-19-10-21(17)18/h2-6,10-11H,7-9H2,1H3/t11-/m1/s1. The fraction of sp³-hybridized carbons (Fsp3) is 0.278. The summed E-state index contributed by atoms with van der Waals surface area (Å²) in [5, 5.41) is 9.11. The van der Waals surface area contributed by atoms with Crippen molar-refractivity contribution in [1.82, 2.24) is 19.2 Å². The van der Waals surface area contributed by atoms with Crippen LogP contribution >= 0.6 is 11.3 Å². The topological polar surface area (TPSA) is 52.2 Å². The molecule has 1 aliphatic rings. The van der Waals surface area contributed by atoms with E-state index in [1.165, 1.54) is 10.4 Å². The molecule has 1 aliphatic carbocycles. The number of aryl methyl sites for hydroxylation is 1. The first-order chi connectivity index (χ1) is 11.7. The Balaban J connectivity index is 1.95. The quantitative estimate of drug-likeness (QED) is 0.536. The number of para-hydroxylation sites is 1. The molecule has 0 aliphatic heterocycles. The predicted molar refractivity (Wildman–Crippen MR) is 95.2 cm³/mol. The largest absolute Gasteiger partial charge is 0.268 e. The van der Waals surface area contributed by atoms with Crippen LogP contribution in [0.3, 0.4) is 0 Å². The van der Waals surface area contributed by atoms with Crippen molar-refractivity contribution in [2.24, 2.45) is 5.92 Å². The van der Waals surface area contributed by atoms with Crippen molar-refractivity contribution in [3.8, 4) is 5.69 Å². The van der Waals surface area contributed by atoms with Crippen molar-refractivity contribution in [3.63, 3.8) is 0 Å². The lowest BCUT2D eigenvalue weighted by molar-refractivity contribution is 0.509. The van der Waals surface area contributed by atoms with E-state index in [2.05, 4.69) is 17.1 Å². The first-order valence-corrected chi connectivity index (χ1v) is 9.00. The molecular weight excluding hydrogens is 320 g/mol. The van der Waals surface area contributed by atoms with Gasteiger partial charge in [0.25, 0.3) is 5.56 Å². The van der Waals surface area contributed by atoms with Crippen LogP contribution in [0.5, 0.6) is 0 Å². The number of fused-ring (bicyclic) bond motifs is 5. The Morgan fingerprint density at radius 2 is 2.08 bits per heavy atom. The van der Waals surface area contributed by atoms with Gasteiger partial charge in [-0.3, -0.25) is 9.20 Å². The van der Waals surface area contributed by atoms with Crippen LogP contribution in [0.4, 0.5) is 0 Å². The third-order valence-electron chi connectivity index (χ3n) is 4.87. The fourth-order valence-corrected chi connectivity index (χ4v) is 5.13. The summed E-state index contributed by atoms with van der Waals surface area (Å²) in [6, 6.07) is 9.68. The molecule has 3 heterocycles. The maximum Gasteiger partial charge on any atom is 0.268 e. The number of hydrogen-bond acceptors (Lipinski definition) is 4. The van der Waals surface area contributed by atoms with E-state index in [1.54, 1.807) is 22.2 Å². The molecule has 5 rings (SSSR count). The zero-order valence-corrected chi connectivity index (χ0v) is 14.1. The molecule has 5 nitrogen and oxygen atoms in total. The first-order valence-electron chi connectivity index (χ1n) is 8.18. The predicted octanol–water partition coefficient (Wildman–Crippen LogP) is 3.22. The molecule has 0 saturated heterocycles. The Hall–Kier alpha value is -2.47. The smallest absolute Gasteiger partial charge is 0.268 e. The summed E-state index contributed by atoms with van der Waals surface area (Å²) in [6.45, 7) is 2.28. The van der Waals surface area contributed by atoms with E-state index >= 15 is 0 Å². The van der Waals surface area contributed by atoms with Crippen molar-refractivity contribution in [3.05, 3.63) is 57.5 Å². The van der Waals surface area contributed by atoms with E-state index in [0.717, 1.165) is 35.2 Å². The summed E-state index contributed by atoms with van der Waals surface area (Å²) in [7, 11) is 0. The van der Waals surface area contributed by atoms with Crippen LogP contribution in [0, 0.1) is 5.92 Å². The van der Waals surface area contributed by atoms with Crippen molar-refractivity contribution in [1.29, 1.82) is 0 Å². The maximum atomic E-state index is 13.3. The summed E-state index contributed by atoms with van der Waals surface area (Å²) in [4.78, 5) is 15.7. The molecule has 4 aromatic rings. The van der Waals surface area contributed by atoms with Crippen LogP contribution in [0.2, 0.25) is 0 Å². The van der Waals surface area contributed by atoms with E-state index in [-0.39, 0.29) is 5.56 Å². The first kappa shape index (κ1) is 13.9. The molecule has 0 spiro atoms. The number of rotatable bonds is 1. The highest BCUT2D eigenvalue weighted by molar-refractivity contribution is 7.18. The van der Waals surface area contributed by atoms with Crippen LogP contribution in [0.15, 0.2) is 41.5 Å². The second kappa shape index (κ2) is 5.01. The van der Waals surface area contributed by atoms with Gasteiger partial charge in [-0.2, -0.15) is 0 Å². The molecule has 120 valence electrons. The van der Waals surface area contributed by atoms with Crippen LogP contribution in [-0.4, -0.2) is 19.2 Å². The van der Waals surface area contributed by atoms with Crippen molar-refractivity contribution in [2.45, 2.75) is 26.2 Å². The van der Waals surface area contributed by atoms with Crippen LogP contribution in [-0.2, 0) is 12.8 Å². The highest BCUT2D eigenvalue weighted by atomic mass is 32.1. The third kappa shape index (κ3) is 1.83. The van der Waals surface area contributed by atoms with E-state index in [1.807, 2.05) is 34.7 Å². The molecule has 0 fully saturated rings. The van der Waals surface area contributed by atoms with Gasteiger partial charge in [-0.15, -0.1) is 21.5 Å². The summed E-state index contributed by atoms with van der Waals surface area (Å²) in [5.74, 6) is 1.25. The molecule has 1 aromatic carbocycles. The molecular formula is C18H16N4OS. The zero-order valence-electron chi connectivity index (χ0n) is 13.3. The SMILES string of the molecule is C[C@@H]1CCc2c(sc3c2c(=O)n(-c2ccccc2)c2nncn32)C1. The second-order valence-electron chi connectivity index (χ2n) is 6.51. The average Bonchev–Trinajstić information content (AvgIpc) is 3.20. The van der Waals surface area contributed by atoms with Gasteiger partial charge in [0.15, 0.2) is 0 Å². The lowest BCUT2D eigenvalue weighted by atomic mass is 9.89. The lowest BCUT2D eigenvalue weighted by Gasteiger charge is -2.17. The van der Waals surface area contributed by atoms with Gasteiger partial charge >= 0.3 is 0 Å². The van der Waals surface area contributed by atoms with E-state index < -0.39 is 0 Å². The molecule has 0 radical (unpaired) electrons. The minimum atomic E-state index is 0.0174. The molecule has 24 heavy (non-hydrogen) atoms. The molecule has 0 N–H and O–H groups in total. The maximum absolute atomic E-state index is 13.3. The van der Waals surface area contributed by atoms with Gasteiger partial charge < -0.3 is 0 Å². The average molecular weight is 336 g/mol. The Morgan fingerprint density at radius 1 is 1.25 bits per heavy atom. The lowest BCUT2D eigenvalue weighted by Crippen LogP contribution is -2.22. The molecule has 1 atom stereocenters. The number of hydrogen-bond donors (Lipinski definition) is 0. The summed E-state index contributed by atoms with van der Waals surface area (Å²) >= 11 is 1.73. The minimum Gasteiger partial charge on any atom is -0.268 e. The monoisotopic (exact) mass is 336 g/mol. The van der Waals surface area contributed by atoms with Gasteiger partial charge in [-0.05, 0) is 42.9 Å². The molecule has 0 bridgehead atoms. The van der Waals surface area contributed by atoms with Gasteiger partial charge in [0.1, 0.15) is 11.2 Å². The third-order valence-corrected chi connectivity index (χ3v) is 6.13. The second-order valence-corrected chi connectivity index (χ2v) is 7.59. The van der Waals surface area contributed by atoms with Gasteiger partial charge in [0.05, 0.1) is 11.1 Å². The molecule has 0 saturated carbocycles. The van der Waals surface area contributed by atoms with E-state index in [0.29, 0.717) is 11.7 Å². The van der Waals surface area contributed by atoms with Crippen molar-refractivity contribution < 1.29 is 0 Å². The summed E-state index contributed by atoms with van der Waals surface area (Å²) in [5.41, 5.74) is 2.08. The molecule has 0 unspecified atom stereocenters. The molecule has 3 aromatic heterocycles. The number of thiophene rings is 1. The van der Waals surface area contributed by atoms with Gasteiger partial charge in [0, 0.05) is 4.88 Å². The highest BCUT2D eigenvalue weighted by Crippen LogP contribution is 2.36. The zero-order chi connectivity index (χ0) is 16.3. The summed E-state index contributed by atoms with van der Waals surface area (Å²) in [6.07, 6.45) is 4.89. The molecule has 0 amide bonds. The Bertz CT molecular complexity index is 1120. The van der Waals surface area contributed by atoms with Crippen LogP contribution in [0.25, 0.3) is 21.7 Å². The van der Waals surface area contributed by atoms with Gasteiger partial charge in [-0.1, -0.05) is 25.1 Å². The Kier molecular flexibility index (Phi) is 2.91. The fourth-order valence-electron chi connectivity index (χ4n) is 3.66. The molecule has 6 heteroatoms. The summed E-state index contributed by atoms with van der Waals surface area (Å²) < 4.78 is 3.64. The van der Waals surface area contributed by atoms with Gasteiger partial charge in [-0.25, -0.2) is 4.57 Å². The van der Waals surface area contributed by atoms with Crippen molar-refractivity contribution in [2.75, 3.05) is 0 Å². The van der Waals surface area contributed by atoms with Crippen LogP contribution < -0.4 is 5.56 Å². The minimum absolute atomic E-state index is 0.0174.